The molecule has 0 atom stereocenters. The summed E-state index contributed by atoms with van der Waals surface area (Å²) in [6.07, 6.45) is 0. The van der Waals surface area contributed by atoms with E-state index in [1.54, 1.807) is 0 Å². The summed E-state index contributed by atoms with van der Waals surface area (Å²) in [6.45, 7) is 5.65. The van der Waals surface area contributed by atoms with Gasteiger partial charge in [0.15, 0.2) is 0 Å². The molecule has 0 unspecified atom stereocenters. The first-order chi connectivity index (χ1) is 6.79. The Kier molecular flexibility index (Phi) is 3.95. The first-order valence-corrected chi connectivity index (χ1v) is 6.15. The van der Waals surface area contributed by atoms with Gasteiger partial charge in [-0.1, -0.05) is 52.6 Å². The van der Waals surface area contributed by atoms with Gasteiger partial charge < -0.3 is 5.32 Å². The van der Waals surface area contributed by atoms with Crippen molar-refractivity contribution in [3.63, 3.8) is 0 Å². The number of benzene rings is 1. The normalized spacial score (nSPS) is 11.3. The molecule has 1 rings (SSSR count). The van der Waals surface area contributed by atoms with Crippen molar-refractivity contribution < 1.29 is 4.79 Å². The van der Waals surface area contributed by atoms with Crippen LogP contribution in [0.3, 0.4) is 0 Å². The molecule has 4 heteroatoms. The zero-order valence-corrected chi connectivity index (χ0v) is 12.1. The number of anilines is 1. The van der Waals surface area contributed by atoms with Crippen molar-refractivity contribution >= 4 is 43.5 Å². The predicted octanol–water partition coefficient (Wildman–Crippen LogP) is 4.20. The first-order valence-electron chi connectivity index (χ1n) is 4.56. The van der Waals surface area contributed by atoms with E-state index in [0.717, 1.165) is 14.6 Å². The fraction of sp³-hybridized carbons (Fsp3) is 0.364. The van der Waals surface area contributed by atoms with Gasteiger partial charge in [-0.2, -0.15) is 0 Å². The van der Waals surface area contributed by atoms with Crippen LogP contribution in [0.2, 0.25) is 0 Å². The molecule has 82 valence electrons. The number of hydrogen-bond donors (Lipinski definition) is 1. The Balaban J connectivity index is 2.86. The van der Waals surface area contributed by atoms with Crippen molar-refractivity contribution in [3.8, 4) is 0 Å². The van der Waals surface area contributed by atoms with Gasteiger partial charge in [0.1, 0.15) is 0 Å². The van der Waals surface area contributed by atoms with Crippen LogP contribution in [0.25, 0.3) is 0 Å². The molecular formula is C11H13Br2NO. The molecular weight excluding hydrogens is 322 g/mol. The number of carbonyl (C=O) groups is 1. The lowest BCUT2D eigenvalue weighted by Crippen LogP contribution is -2.27. The van der Waals surface area contributed by atoms with Gasteiger partial charge >= 0.3 is 0 Å². The lowest BCUT2D eigenvalue weighted by atomic mass is 9.95. The van der Waals surface area contributed by atoms with Crippen LogP contribution in [-0.2, 0) is 4.79 Å². The highest BCUT2D eigenvalue weighted by molar-refractivity contribution is 9.11. The zero-order chi connectivity index (χ0) is 11.6. The van der Waals surface area contributed by atoms with Gasteiger partial charge in [-0.15, -0.1) is 0 Å². The number of nitrogens with one attached hydrogen (secondary N) is 1. The van der Waals surface area contributed by atoms with Crippen LogP contribution in [0.5, 0.6) is 0 Å². The second-order valence-electron chi connectivity index (χ2n) is 4.36. The highest BCUT2D eigenvalue weighted by Gasteiger charge is 2.21. The van der Waals surface area contributed by atoms with Gasteiger partial charge in [0, 0.05) is 20.0 Å². The monoisotopic (exact) mass is 333 g/mol. The molecule has 0 bridgehead atoms. The standard InChI is InChI=1S/C11H13Br2NO/c1-11(2,3)10(15)14-9-5-7(12)4-8(13)6-9/h4-6H,1-3H3,(H,14,15). The summed E-state index contributed by atoms with van der Waals surface area (Å²) in [4.78, 5) is 11.7. The molecule has 0 spiro atoms. The smallest absolute Gasteiger partial charge is 0.229 e. The molecule has 0 saturated carbocycles. The Labute approximate surface area is 107 Å². The lowest BCUT2D eigenvalue weighted by Gasteiger charge is -2.17. The molecule has 0 saturated heterocycles. The summed E-state index contributed by atoms with van der Waals surface area (Å²) >= 11 is 6.74. The highest BCUT2D eigenvalue weighted by atomic mass is 79.9. The van der Waals surface area contributed by atoms with E-state index < -0.39 is 0 Å². The van der Waals surface area contributed by atoms with E-state index in [2.05, 4.69) is 37.2 Å². The fourth-order valence-electron chi connectivity index (χ4n) is 0.945. The molecule has 2 nitrogen and oxygen atoms in total. The first kappa shape index (κ1) is 12.7. The third kappa shape index (κ3) is 3.95. The third-order valence-corrected chi connectivity index (χ3v) is 2.72. The second-order valence-corrected chi connectivity index (χ2v) is 6.19. The molecule has 15 heavy (non-hydrogen) atoms. The van der Waals surface area contributed by atoms with E-state index in [4.69, 9.17) is 0 Å². The number of halogens is 2. The average molecular weight is 335 g/mol. The van der Waals surface area contributed by atoms with Crippen LogP contribution in [0.4, 0.5) is 5.69 Å². The topological polar surface area (TPSA) is 29.1 Å². The van der Waals surface area contributed by atoms with E-state index in [0.29, 0.717) is 0 Å². The van der Waals surface area contributed by atoms with Crippen LogP contribution in [0, 0.1) is 5.41 Å². The van der Waals surface area contributed by atoms with Crippen LogP contribution in [0.1, 0.15) is 20.8 Å². The van der Waals surface area contributed by atoms with E-state index in [9.17, 15) is 4.79 Å². The van der Waals surface area contributed by atoms with Gasteiger partial charge in [0.05, 0.1) is 0 Å². The number of rotatable bonds is 1. The molecule has 0 fully saturated rings. The van der Waals surface area contributed by atoms with Crippen LogP contribution >= 0.6 is 31.9 Å². The number of carbonyl (C=O) groups excluding carboxylic acids is 1. The van der Waals surface area contributed by atoms with Crippen LogP contribution in [-0.4, -0.2) is 5.91 Å². The summed E-state index contributed by atoms with van der Waals surface area (Å²) in [5.74, 6) is 0.00694. The third-order valence-electron chi connectivity index (χ3n) is 1.80. The quantitative estimate of drug-likeness (QED) is 0.819. The zero-order valence-electron chi connectivity index (χ0n) is 8.90. The Bertz CT molecular complexity index is 362. The summed E-state index contributed by atoms with van der Waals surface area (Å²) in [5, 5.41) is 2.86. The van der Waals surface area contributed by atoms with Crippen molar-refractivity contribution in [1.29, 1.82) is 0 Å². The molecule has 1 aromatic rings. The Morgan fingerprint density at radius 2 is 1.60 bits per heavy atom. The van der Waals surface area contributed by atoms with Crippen molar-refractivity contribution in [2.45, 2.75) is 20.8 Å². The van der Waals surface area contributed by atoms with E-state index in [1.807, 2.05) is 39.0 Å². The van der Waals surface area contributed by atoms with Crippen LogP contribution < -0.4 is 5.32 Å². The molecule has 1 amide bonds. The number of hydrogen-bond acceptors (Lipinski definition) is 1. The van der Waals surface area contributed by atoms with Crippen molar-refractivity contribution in [2.75, 3.05) is 5.32 Å². The molecule has 0 radical (unpaired) electrons. The molecule has 0 aliphatic carbocycles. The largest absolute Gasteiger partial charge is 0.326 e. The van der Waals surface area contributed by atoms with Gasteiger partial charge in [0.25, 0.3) is 0 Å². The van der Waals surface area contributed by atoms with Crippen LogP contribution in [0.15, 0.2) is 27.1 Å². The van der Waals surface area contributed by atoms with E-state index >= 15 is 0 Å². The van der Waals surface area contributed by atoms with Crippen molar-refractivity contribution in [2.24, 2.45) is 5.41 Å². The van der Waals surface area contributed by atoms with Gasteiger partial charge in [-0.3, -0.25) is 4.79 Å². The van der Waals surface area contributed by atoms with Gasteiger partial charge in [-0.25, -0.2) is 0 Å². The van der Waals surface area contributed by atoms with Gasteiger partial charge in [-0.05, 0) is 18.2 Å². The summed E-state index contributed by atoms with van der Waals surface area (Å²) in [7, 11) is 0. The van der Waals surface area contributed by atoms with E-state index in [-0.39, 0.29) is 11.3 Å². The predicted molar refractivity (Wildman–Crippen MR) is 69.9 cm³/mol. The summed E-state index contributed by atoms with van der Waals surface area (Å²) in [5.41, 5.74) is 0.408. The fourth-order valence-corrected chi connectivity index (χ4v) is 2.24. The van der Waals surface area contributed by atoms with Crippen molar-refractivity contribution in [1.82, 2.24) is 0 Å². The lowest BCUT2D eigenvalue weighted by molar-refractivity contribution is -0.123. The molecule has 0 aromatic heterocycles. The van der Waals surface area contributed by atoms with Crippen molar-refractivity contribution in [3.05, 3.63) is 27.1 Å². The minimum absolute atomic E-state index is 0.00694. The number of amides is 1. The SMILES string of the molecule is CC(C)(C)C(=O)Nc1cc(Br)cc(Br)c1. The summed E-state index contributed by atoms with van der Waals surface area (Å²) in [6, 6.07) is 5.66. The van der Waals surface area contributed by atoms with Gasteiger partial charge in [0.2, 0.25) is 5.91 Å². The molecule has 0 aliphatic rings. The molecule has 1 aromatic carbocycles. The average Bonchev–Trinajstić information content (AvgIpc) is 1.99. The Morgan fingerprint density at radius 1 is 1.13 bits per heavy atom. The minimum atomic E-state index is -0.380. The Hall–Kier alpha value is -0.350. The molecule has 1 N–H and O–H groups in total. The summed E-state index contributed by atoms with van der Waals surface area (Å²) < 4.78 is 1.86. The Morgan fingerprint density at radius 3 is 2.00 bits per heavy atom. The van der Waals surface area contributed by atoms with E-state index in [1.165, 1.54) is 0 Å². The second kappa shape index (κ2) is 4.66. The maximum Gasteiger partial charge on any atom is 0.229 e. The maximum absolute atomic E-state index is 11.7. The highest BCUT2D eigenvalue weighted by Crippen LogP contribution is 2.25. The molecule has 0 aliphatic heterocycles. The molecule has 0 heterocycles. The maximum atomic E-state index is 11.7. The minimum Gasteiger partial charge on any atom is -0.326 e.